The Morgan fingerprint density at radius 3 is 2.12 bits per heavy atom. The molecular formula is C7H12N. The fourth-order valence-electron chi connectivity index (χ4n) is 1.91. The van der Waals surface area contributed by atoms with Crippen molar-refractivity contribution in [3.63, 3.8) is 0 Å². The molecule has 2 rings (SSSR count). The number of hydrogen-bond acceptors (Lipinski definition) is 1. The first kappa shape index (κ1) is 4.80. The van der Waals surface area contributed by atoms with Crippen LogP contribution in [0.1, 0.15) is 12.8 Å². The maximum atomic E-state index is 2.40. The molecule has 1 aliphatic heterocycles. The van der Waals surface area contributed by atoms with E-state index in [1.54, 1.807) is 0 Å². The third-order valence-electron chi connectivity index (χ3n) is 2.37. The van der Waals surface area contributed by atoms with Gasteiger partial charge in [-0.15, -0.1) is 0 Å². The summed E-state index contributed by atoms with van der Waals surface area (Å²) >= 11 is 0. The van der Waals surface area contributed by atoms with E-state index < -0.39 is 0 Å². The molecule has 0 unspecified atom stereocenters. The maximum Gasteiger partial charge on any atom is 0.00476 e. The molecule has 0 N–H and O–H groups in total. The summed E-state index contributed by atoms with van der Waals surface area (Å²) in [5.41, 5.74) is 0.786. The lowest BCUT2D eigenvalue weighted by Gasteiger charge is -2.54. The zero-order chi connectivity index (χ0) is 5.61. The van der Waals surface area contributed by atoms with Gasteiger partial charge in [0.1, 0.15) is 0 Å². The molecule has 0 aromatic rings. The van der Waals surface area contributed by atoms with Gasteiger partial charge in [-0.2, -0.15) is 0 Å². The standard InChI is InChI=1S/C7H12N/c1-8-5-7(6-8)3-2-4-7/h2H,3-6H2,1H3. The monoisotopic (exact) mass is 110 g/mol. The van der Waals surface area contributed by atoms with Gasteiger partial charge >= 0.3 is 0 Å². The Balaban J connectivity index is 1.92. The molecule has 1 radical (unpaired) electrons. The van der Waals surface area contributed by atoms with Crippen LogP contribution in [0.5, 0.6) is 0 Å². The Morgan fingerprint density at radius 1 is 1.38 bits per heavy atom. The van der Waals surface area contributed by atoms with E-state index in [4.69, 9.17) is 0 Å². The van der Waals surface area contributed by atoms with Gasteiger partial charge in [-0.1, -0.05) is 0 Å². The van der Waals surface area contributed by atoms with Crippen molar-refractivity contribution >= 4 is 0 Å². The highest BCUT2D eigenvalue weighted by Crippen LogP contribution is 2.46. The second-order valence-corrected chi connectivity index (χ2v) is 3.37. The van der Waals surface area contributed by atoms with Gasteiger partial charge in [0.05, 0.1) is 0 Å². The Morgan fingerprint density at radius 2 is 2.00 bits per heavy atom. The Labute approximate surface area is 50.7 Å². The largest absolute Gasteiger partial charge is 0.305 e. The molecular weight excluding hydrogens is 98.1 g/mol. The van der Waals surface area contributed by atoms with Crippen molar-refractivity contribution in [2.45, 2.75) is 12.8 Å². The summed E-state index contributed by atoms with van der Waals surface area (Å²) in [5.74, 6) is 0. The average molecular weight is 110 g/mol. The maximum absolute atomic E-state index is 2.40. The van der Waals surface area contributed by atoms with Crippen LogP contribution in [0.4, 0.5) is 0 Å². The van der Waals surface area contributed by atoms with Crippen molar-refractivity contribution in [3.05, 3.63) is 6.42 Å². The minimum Gasteiger partial charge on any atom is -0.305 e. The van der Waals surface area contributed by atoms with Gasteiger partial charge in [-0.3, -0.25) is 0 Å². The molecule has 0 aromatic heterocycles. The van der Waals surface area contributed by atoms with E-state index in [-0.39, 0.29) is 0 Å². The minimum absolute atomic E-state index is 0.786. The molecule has 8 heavy (non-hydrogen) atoms. The van der Waals surface area contributed by atoms with Crippen LogP contribution in [0.15, 0.2) is 0 Å². The van der Waals surface area contributed by atoms with Crippen LogP contribution < -0.4 is 0 Å². The van der Waals surface area contributed by atoms with Crippen molar-refractivity contribution < 1.29 is 0 Å². The molecule has 0 aromatic carbocycles. The summed E-state index contributed by atoms with van der Waals surface area (Å²) in [7, 11) is 2.20. The van der Waals surface area contributed by atoms with Crippen LogP contribution in [0.25, 0.3) is 0 Å². The van der Waals surface area contributed by atoms with Gasteiger partial charge in [0.2, 0.25) is 0 Å². The van der Waals surface area contributed by atoms with E-state index in [0.717, 1.165) is 5.41 Å². The predicted octanol–water partition coefficient (Wildman–Crippen LogP) is 0.916. The topological polar surface area (TPSA) is 3.24 Å². The number of hydrogen-bond donors (Lipinski definition) is 0. The average Bonchev–Trinajstić information content (AvgIpc) is 1.51. The molecule has 45 valence electrons. The van der Waals surface area contributed by atoms with Crippen molar-refractivity contribution in [3.8, 4) is 0 Å². The van der Waals surface area contributed by atoms with Gasteiger partial charge in [-0.05, 0) is 31.7 Å². The molecule has 1 nitrogen and oxygen atoms in total. The molecule has 0 bridgehead atoms. The lowest BCUT2D eigenvalue weighted by atomic mass is 9.64. The van der Waals surface area contributed by atoms with Crippen molar-refractivity contribution in [2.24, 2.45) is 5.41 Å². The first-order valence-electron chi connectivity index (χ1n) is 3.31. The molecule has 0 amide bonds. The summed E-state index contributed by atoms with van der Waals surface area (Å²) in [5, 5.41) is 0. The van der Waals surface area contributed by atoms with Gasteiger partial charge in [0.15, 0.2) is 0 Å². The normalized spacial score (nSPS) is 34.1. The highest BCUT2D eigenvalue weighted by molar-refractivity contribution is 5.07. The Hall–Kier alpha value is -0.0400. The molecule has 1 saturated heterocycles. The zero-order valence-corrected chi connectivity index (χ0v) is 5.35. The van der Waals surface area contributed by atoms with Crippen LogP contribution in [-0.2, 0) is 0 Å². The number of likely N-dealkylation sites (tertiary alicyclic amines) is 1. The molecule has 2 aliphatic rings. The first-order chi connectivity index (χ1) is 3.81. The Bertz CT molecular complexity index is 97.0. The third-order valence-corrected chi connectivity index (χ3v) is 2.37. The van der Waals surface area contributed by atoms with Crippen LogP contribution in [0.2, 0.25) is 0 Å². The van der Waals surface area contributed by atoms with E-state index >= 15 is 0 Å². The van der Waals surface area contributed by atoms with E-state index in [1.807, 2.05) is 0 Å². The quantitative estimate of drug-likeness (QED) is 0.448. The van der Waals surface area contributed by atoms with Crippen molar-refractivity contribution in [1.29, 1.82) is 0 Å². The van der Waals surface area contributed by atoms with Crippen molar-refractivity contribution in [1.82, 2.24) is 4.90 Å². The van der Waals surface area contributed by atoms with E-state index in [9.17, 15) is 0 Å². The van der Waals surface area contributed by atoms with Crippen LogP contribution in [0.3, 0.4) is 0 Å². The first-order valence-corrected chi connectivity index (χ1v) is 3.31. The Kier molecular flexibility index (Phi) is 0.762. The van der Waals surface area contributed by atoms with Crippen LogP contribution in [0, 0.1) is 11.8 Å². The highest BCUT2D eigenvalue weighted by atomic mass is 15.2. The number of rotatable bonds is 0. The fourth-order valence-corrected chi connectivity index (χ4v) is 1.91. The SMILES string of the molecule is CN1CC2(C[CH]C2)C1. The summed E-state index contributed by atoms with van der Waals surface area (Å²) in [6, 6.07) is 0. The molecule has 0 atom stereocenters. The van der Waals surface area contributed by atoms with Gasteiger partial charge in [0, 0.05) is 13.1 Å². The lowest BCUT2D eigenvalue weighted by molar-refractivity contribution is -0.0142. The molecule has 1 aliphatic carbocycles. The molecule has 1 saturated carbocycles. The van der Waals surface area contributed by atoms with E-state index in [1.165, 1.54) is 25.9 Å². The summed E-state index contributed by atoms with van der Waals surface area (Å²) < 4.78 is 0. The number of nitrogens with zero attached hydrogens (tertiary/aromatic N) is 1. The second kappa shape index (κ2) is 1.27. The fraction of sp³-hybridized carbons (Fsp3) is 0.857. The summed E-state index contributed by atoms with van der Waals surface area (Å²) in [6.45, 7) is 2.70. The lowest BCUT2D eigenvalue weighted by Crippen LogP contribution is -2.57. The summed E-state index contributed by atoms with van der Waals surface area (Å²) in [4.78, 5) is 2.40. The van der Waals surface area contributed by atoms with Crippen LogP contribution in [-0.4, -0.2) is 25.0 Å². The van der Waals surface area contributed by atoms with E-state index in [2.05, 4.69) is 18.4 Å². The highest BCUT2D eigenvalue weighted by Gasteiger charge is 2.45. The predicted molar refractivity (Wildman–Crippen MR) is 33.5 cm³/mol. The van der Waals surface area contributed by atoms with Gasteiger partial charge < -0.3 is 4.90 Å². The van der Waals surface area contributed by atoms with E-state index in [0.29, 0.717) is 0 Å². The zero-order valence-electron chi connectivity index (χ0n) is 5.35. The molecule has 1 heterocycles. The minimum atomic E-state index is 0.786. The molecule has 1 spiro atoms. The summed E-state index contributed by atoms with van der Waals surface area (Å²) in [6.07, 6.45) is 5.17. The molecule has 1 heteroatoms. The van der Waals surface area contributed by atoms with Gasteiger partial charge in [0.25, 0.3) is 0 Å². The third kappa shape index (κ3) is 0.455. The second-order valence-electron chi connectivity index (χ2n) is 3.37. The van der Waals surface area contributed by atoms with Gasteiger partial charge in [-0.25, -0.2) is 0 Å². The van der Waals surface area contributed by atoms with Crippen LogP contribution >= 0.6 is 0 Å². The van der Waals surface area contributed by atoms with Crippen molar-refractivity contribution in [2.75, 3.05) is 20.1 Å². The smallest absolute Gasteiger partial charge is 0.00476 e. The molecule has 2 fully saturated rings.